The van der Waals surface area contributed by atoms with Crippen molar-refractivity contribution in [3.05, 3.63) is 54.6 Å². The Kier molecular flexibility index (Phi) is 2.49. The zero-order valence-electron chi connectivity index (χ0n) is 12.1. The fourth-order valence-electron chi connectivity index (χ4n) is 3.47. The lowest BCUT2D eigenvalue weighted by molar-refractivity contribution is 0.212. The first kappa shape index (κ1) is 12.1. The van der Waals surface area contributed by atoms with E-state index in [-0.39, 0.29) is 0 Å². The van der Waals surface area contributed by atoms with Gasteiger partial charge in [0.1, 0.15) is 5.69 Å². The number of anilines is 1. The van der Waals surface area contributed by atoms with E-state index in [4.69, 9.17) is 0 Å². The van der Waals surface area contributed by atoms with Gasteiger partial charge in [-0.1, -0.05) is 54.6 Å². The molecule has 3 heterocycles. The average Bonchev–Trinajstić information content (AvgIpc) is 2.57. The first-order valence-corrected chi connectivity index (χ1v) is 7.73. The molecule has 1 aromatic heterocycles. The van der Waals surface area contributed by atoms with Crippen molar-refractivity contribution in [3.8, 4) is 11.3 Å². The third-order valence-electron chi connectivity index (χ3n) is 4.83. The fourth-order valence-corrected chi connectivity index (χ4v) is 3.47. The Morgan fingerprint density at radius 1 is 0.909 bits per heavy atom. The van der Waals surface area contributed by atoms with Crippen LogP contribution < -0.4 is 10.2 Å². The molecular formula is C18H16N4. The molecule has 0 radical (unpaired) electrons. The number of hydrogen-bond acceptors (Lipinski definition) is 4. The molecule has 0 bridgehead atoms. The molecule has 4 nitrogen and oxygen atoms in total. The van der Waals surface area contributed by atoms with Crippen LogP contribution >= 0.6 is 0 Å². The monoisotopic (exact) mass is 288 g/mol. The van der Waals surface area contributed by atoms with E-state index in [9.17, 15) is 0 Å². The summed E-state index contributed by atoms with van der Waals surface area (Å²) < 4.78 is 0. The second-order valence-corrected chi connectivity index (χ2v) is 6.02. The van der Waals surface area contributed by atoms with Gasteiger partial charge >= 0.3 is 0 Å². The summed E-state index contributed by atoms with van der Waals surface area (Å²) >= 11 is 0. The number of fused-ring (bicyclic) bond motifs is 2. The van der Waals surface area contributed by atoms with Gasteiger partial charge in [0.2, 0.25) is 0 Å². The summed E-state index contributed by atoms with van der Waals surface area (Å²) in [7, 11) is 0. The summed E-state index contributed by atoms with van der Waals surface area (Å²) in [6, 6.07) is 20.0. The minimum atomic E-state index is 0.597. The van der Waals surface area contributed by atoms with Crippen LogP contribution in [0.15, 0.2) is 54.6 Å². The second-order valence-electron chi connectivity index (χ2n) is 6.02. The number of nitrogens with zero attached hydrogens (tertiary/aromatic N) is 3. The van der Waals surface area contributed by atoms with E-state index >= 15 is 0 Å². The molecule has 0 spiro atoms. The summed E-state index contributed by atoms with van der Waals surface area (Å²) in [4.78, 5) is 2.38. The zero-order chi connectivity index (χ0) is 14.5. The molecule has 0 amide bonds. The third kappa shape index (κ3) is 1.61. The molecule has 4 heteroatoms. The maximum Gasteiger partial charge on any atom is 0.159 e. The van der Waals surface area contributed by atoms with Gasteiger partial charge in [-0.05, 0) is 0 Å². The van der Waals surface area contributed by atoms with Crippen molar-refractivity contribution in [1.82, 2.24) is 15.5 Å². The van der Waals surface area contributed by atoms with Crippen molar-refractivity contribution in [1.29, 1.82) is 0 Å². The lowest BCUT2D eigenvalue weighted by Gasteiger charge is -2.56. The van der Waals surface area contributed by atoms with Crippen molar-refractivity contribution in [2.75, 3.05) is 18.0 Å². The molecule has 22 heavy (non-hydrogen) atoms. The van der Waals surface area contributed by atoms with Gasteiger partial charge < -0.3 is 10.2 Å². The lowest BCUT2D eigenvalue weighted by atomic mass is 9.88. The largest absolute Gasteiger partial charge is 0.347 e. The molecule has 3 aromatic rings. The molecule has 2 aliphatic rings. The van der Waals surface area contributed by atoms with Crippen molar-refractivity contribution in [2.24, 2.45) is 0 Å². The molecular weight excluding hydrogens is 272 g/mol. The molecule has 0 saturated carbocycles. The summed E-state index contributed by atoms with van der Waals surface area (Å²) in [5.41, 5.74) is 2.08. The van der Waals surface area contributed by atoms with Crippen molar-refractivity contribution >= 4 is 16.6 Å². The molecule has 2 atom stereocenters. The van der Waals surface area contributed by atoms with Crippen LogP contribution in [-0.2, 0) is 0 Å². The Hall–Kier alpha value is -2.46. The number of benzene rings is 2. The Morgan fingerprint density at radius 2 is 1.68 bits per heavy atom. The Balaban J connectivity index is 1.68. The van der Waals surface area contributed by atoms with Gasteiger partial charge in [-0.3, -0.25) is 0 Å². The third-order valence-corrected chi connectivity index (χ3v) is 4.83. The van der Waals surface area contributed by atoms with E-state index in [2.05, 4.69) is 56.8 Å². The van der Waals surface area contributed by atoms with E-state index in [0.717, 1.165) is 30.2 Å². The van der Waals surface area contributed by atoms with Gasteiger partial charge in [-0.25, -0.2) is 0 Å². The summed E-state index contributed by atoms with van der Waals surface area (Å²) in [5.74, 6) is 1.03. The first-order valence-electron chi connectivity index (χ1n) is 7.73. The van der Waals surface area contributed by atoms with Crippen LogP contribution in [0.1, 0.15) is 0 Å². The predicted molar refractivity (Wildman–Crippen MR) is 87.9 cm³/mol. The Bertz CT molecular complexity index is 846. The summed E-state index contributed by atoms with van der Waals surface area (Å²) in [6.45, 7) is 2.09. The average molecular weight is 288 g/mol. The number of piperazine rings is 1. The number of aromatic nitrogens is 2. The molecule has 108 valence electrons. The standard InChI is InChI=1S/C18H16N4/c1-2-6-12(7-3-1)17-13-8-4-5-9-14(13)18(21-20-17)22-11-15-16(22)10-19-15/h1-9,15-16,19H,10-11H2/t15?,16-/m1/s1. The molecule has 5 rings (SSSR count). The molecule has 1 unspecified atom stereocenters. The highest BCUT2D eigenvalue weighted by Crippen LogP contribution is 2.36. The van der Waals surface area contributed by atoms with E-state index < -0.39 is 0 Å². The van der Waals surface area contributed by atoms with Gasteiger partial charge in [0, 0.05) is 35.5 Å². The fraction of sp³-hybridized carbons (Fsp3) is 0.222. The van der Waals surface area contributed by atoms with Gasteiger partial charge in [-0.15, -0.1) is 10.2 Å². The van der Waals surface area contributed by atoms with Crippen LogP contribution in [0, 0.1) is 0 Å². The van der Waals surface area contributed by atoms with Crippen LogP contribution in [0.2, 0.25) is 0 Å². The molecule has 2 aromatic carbocycles. The maximum atomic E-state index is 4.57. The van der Waals surface area contributed by atoms with Crippen molar-refractivity contribution in [2.45, 2.75) is 12.1 Å². The highest BCUT2D eigenvalue weighted by molar-refractivity contribution is 6.00. The summed E-state index contributed by atoms with van der Waals surface area (Å²) in [6.07, 6.45) is 0. The van der Waals surface area contributed by atoms with Crippen LogP contribution in [0.5, 0.6) is 0 Å². The number of nitrogens with one attached hydrogen (secondary N) is 1. The first-order chi connectivity index (χ1) is 10.9. The van der Waals surface area contributed by atoms with E-state index in [1.807, 2.05) is 18.2 Å². The summed E-state index contributed by atoms with van der Waals surface area (Å²) in [5, 5.41) is 14.9. The molecule has 1 N–H and O–H groups in total. The van der Waals surface area contributed by atoms with Gasteiger partial charge in [0.25, 0.3) is 0 Å². The van der Waals surface area contributed by atoms with E-state index in [1.54, 1.807) is 0 Å². The second kappa shape index (κ2) is 4.52. The van der Waals surface area contributed by atoms with Crippen LogP contribution in [0.3, 0.4) is 0 Å². The predicted octanol–water partition coefficient (Wildman–Crippen LogP) is 2.46. The highest BCUT2D eigenvalue weighted by Gasteiger charge is 2.46. The van der Waals surface area contributed by atoms with Crippen LogP contribution in [0.25, 0.3) is 22.0 Å². The van der Waals surface area contributed by atoms with E-state index in [0.29, 0.717) is 12.1 Å². The normalized spacial score (nSPS) is 22.8. The van der Waals surface area contributed by atoms with Gasteiger partial charge in [0.05, 0.1) is 6.04 Å². The zero-order valence-corrected chi connectivity index (χ0v) is 12.1. The van der Waals surface area contributed by atoms with Crippen molar-refractivity contribution in [3.63, 3.8) is 0 Å². The molecule has 2 saturated heterocycles. The lowest BCUT2D eigenvalue weighted by Crippen LogP contribution is -2.78. The number of rotatable bonds is 2. The Morgan fingerprint density at radius 3 is 2.36 bits per heavy atom. The minimum Gasteiger partial charge on any atom is -0.347 e. The minimum absolute atomic E-state index is 0.597. The van der Waals surface area contributed by atoms with Crippen LogP contribution in [0.4, 0.5) is 5.82 Å². The topological polar surface area (TPSA) is 41.1 Å². The van der Waals surface area contributed by atoms with Gasteiger partial charge in [-0.2, -0.15) is 0 Å². The maximum absolute atomic E-state index is 4.57. The highest BCUT2D eigenvalue weighted by atomic mass is 15.4. The molecule has 0 aliphatic carbocycles. The van der Waals surface area contributed by atoms with Crippen LogP contribution in [-0.4, -0.2) is 35.4 Å². The smallest absolute Gasteiger partial charge is 0.159 e. The SMILES string of the molecule is c1ccc(-c2nnc(N3CC4NC[C@H]43)c3ccccc23)cc1. The Labute approximate surface area is 128 Å². The van der Waals surface area contributed by atoms with E-state index in [1.165, 1.54) is 10.8 Å². The molecule has 2 aliphatic heterocycles. The van der Waals surface area contributed by atoms with Gasteiger partial charge in [0.15, 0.2) is 5.82 Å². The van der Waals surface area contributed by atoms with Crippen molar-refractivity contribution < 1.29 is 0 Å². The molecule has 2 fully saturated rings. The quantitative estimate of drug-likeness (QED) is 0.786. The number of hydrogen-bond donors (Lipinski definition) is 1.